The Hall–Kier alpha value is -0.320. The molecule has 1 aliphatic rings. The van der Waals surface area contributed by atoms with E-state index in [2.05, 4.69) is 44.5 Å². The van der Waals surface area contributed by atoms with Gasteiger partial charge in [0, 0.05) is 15.8 Å². The van der Waals surface area contributed by atoms with Crippen molar-refractivity contribution >= 4 is 39.0 Å². The maximum absolute atomic E-state index is 4.46. The van der Waals surface area contributed by atoms with Crippen molar-refractivity contribution < 1.29 is 0 Å². The minimum absolute atomic E-state index is 0.953. The number of thioether (sulfide) groups is 1. The van der Waals surface area contributed by atoms with Gasteiger partial charge in [-0.3, -0.25) is 0 Å². The first kappa shape index (κ1) is 10.8. The summed E-state index contributed by atoms with van der Waals surface area (Å²) in [5.74, 6) is 1.26. The summed E-state index contributed by atoms with van der Waals surface area (Å²) < 4.78 is 0.953. The molecule has 1 aromatic carbocycles. The third kappa shape index (κ3) is 2.06. The molecule has 0 amide bonds. The van der Waals surface area contributed by atoms with Crippen molar-refractivity contribution in [2.24, 2.45) is 0 Å². The standard InChI is InChI=1S/C12H10BrNS2/c13-12-14-10(7-16-12)8-3-4-11-9(6-8)2-1-5-15-11/h3-4,6-7H,1-2,5H2. The highest BCUT2D eigenvalue weighted by atomic mass is 79.9. The van der Waals surface area contributed by atoms with Crippen LogP contribution in [0.3, 0.4) is 0 Å². The highest BCUT2D eigenvalue weighted by Crippen LogP contribution is 2.33. The average molecular weight is 312 g/mol. The molecular weight excluding hydrogens is 302 g/mol. The Labute approximate surface area is 111 Å². The molecule has 2 heterocycles. The SMILES string of the molecule is Brc1nc(-c2ccc3c(c2)CCCS3)cs1. The molecule has 16 heavy (non-hydrogen) atoms. The van der Waals surface area contributed by atoms with E-state index in [0.29, 0.717) is 0 Å². The van der Waals surface area contributed by atoms with Gasteiger partial charge in [-0.05, 0) is 52.2 Å². The molecule has 0 spiro atoms. The van der Waals surface area contributed by atoms with E-state index in [1.54, 1.807) is 11.3 Å². The number of aryl methyl sites for hydroxylation is 1. The van der Waals surface area contributed by atoms with Crippen LogP contribution < -0.4 is 0 Å². The lowest BCUT2D eigenvalue weighted by Crippen LogP contribution is -1.98. The zero-order valence-electron chi connectivity index (χ0n) is 8.57. The predicted octanol–water partition coefficient (Wildman–Crippen LogP) is 4.61. The summed E-state index contributed by atoms with van der Waals surface area (Å²) in [6, 6.07) is 6.71. The van der Waals surface area contributed by atoms with Crippen molar-refractivity contribution in [2.75, 3.05) is 5.75 Å². The molecule has 0 fully saturated rings. The molecule has 0 saturated heterocycles. The second kappa shape index (κ2) is 4.51. The fraction of sp³-hybridized carbons (Fsp3) is 0.250. The van der Waals surface area contributed by atoms with Crippen LogP contribution >= 0.6 is 39.0 Å². The number of rotatable bonds is 1. The largest absolute Gasteiger partial charge is 0.229 e. The number of hydrogen-bond acceptors (Lipinski definition) is 3. The smallest absolute Gasteiger partial charge is 0.159 e. The summed E-state index contributed by atoms with van der Waals surface area (Å²) >= 11 is 7.02. The van der Waals surface area contributed by atoms with Crippen LogP contribution in [-0.4, -0.2) is 10.7 Å². The molecule has 3 rings (SSSR count). The number of benzene rings is 1. The number of hydrogen-bond donors (Lipinski definition) is 0. The molecule has 82 valence electrons. The zero-order valence-corrected chi connectivity index (χ0v) is 11.8. The number of aromatic nitrogens is 1. The van der Waals surface area contributed by atoms with E-state index in [-0.39, 0.29) is 0 Å². The third-order valence-corrected chi connectivity index (χ3v) is 5.25. The van der Waals surface area contributed by atoms with E-state index in [9.17, 15) is 0 Å². The fourth-order valence-corrected chi connectivity index (χ4v) is 3.94. The van der Waals surface area contributed by atoms with E-state index in [1.807, 2.05) is 11.8 Å². The number of thiazole rings is 1. The normalized spacial score (nSPS) is 14.8. The molecule has 0 bridgehead atoms. The van der Waals surface area contributed by atoms with Crippen LogP contribution in [0.2, 0.25) is 0 Å². The molecule has 0 radical (unpaired) electrons. The monoisotopic (exact) mass is 311 g/mol. The van der Waals surface area contributed by atoms with E-state index < -0.39 is 0 Å². The third-order valence-electron chi connectivity index (χ3n) is 2.68. The van der Waals surface area contributed by atoms with Gasteiger partial charge >= 0.3 is 0 Å². The van der Waals surface area contributed by atoms with Crippen LogP contribution in [0.15, 0.2) is 32.4 Å². The quantitative estimate of drug-likeness (QED) is 0.762. The highest BCUT2D eigenvalue weighted by Gasteiger charge is 2.11. The molecule has 0 N–H and O–H groups in total. The first-order valence-electron chi connectivity index (χ1n) is 5.20. The van der Waals surface area contributed by atoms with Crippen LogP contribution in [0.5, 0.6) is 0 Å². The molecule has 1 aromatic heterocycles. The van der Waals surface area contributed by atoms with Gasteiger partial charge in [0.25, 0.3) is 0 Å². The molecule has 0 aliphatic carbocycles. The van der Waals surface area contributed by atoms with Crippen molar-refractivity contribution in [3.05, 3.63) is 33.1 Å². The summed E-state index contributed by atoms with van der Waals surface area (Å²) in [6.07, 6.45) is 2.50. The van der Waals surface area contributed by atoms with E-state index in [0.717, 1.165) is 9.61 Å². The number of fused-ring (bicyclic) bond motifs is 1. The summed E-state index contributed by atoms with van der Waals surface area (Å²) in [6.45, 7) is 0. The second-order valence-corrected chi connectivity index (χ2v) is 7.03. The van der Waals surface area contributed by atoms with Crippen molar-refractivity contribution in [3.8, 4) is 11.3 Å². The van der Waals surface area contributed by atoms with E-state index in [4.69, 9.17) is 0 Å². The van der Waals surface area contributed by atoms with Crippen LogP contribution in [-0.2, 0) is 6.42 Å². The summed E-state index contributed by atoms with van der Waals surface area (Å²) in [5.41, 5.74) is 3.80. The molecule has 4 heteroatoms. The summed E-state index contributed by atoms with van der Waals surface area (Å²) in [4.78, 5) is 5.91. The molecule has 2 aromatic rings. The summed E-state index contributed by atoms with van der Waals surface area (Å²) in [5, 5.41) is 2.10. The summed E-state index contributed by atoms with van der Waals surface area (Å²) in [7, 11) is 0. The van der Waals surface area contributed by atoms with Gasteiger partial charge in [-0.15, -0.1) is 23.1 Å². The van der Waals surface area contributed by atoms with Gasteiger partial charge in [0.15, 0.2) is 3.92 Å². The van der Waals surface area contributed by atoms with Crippen LogP contribution in [0.25, 0.3) is 11.3 Å². The highest BCUT2D eigenvalue weighted by molar-refractivity contribution is 9.11. The Bertz CT molecular complexity index is 521. The number of halogens is 1. The lowest BCUT2D eigenvalue weighted by atomic mass is 10.0. The van der Waals surface area contributed by atoms with Crippen molar-refractivity contribution in [3.63, 3.8) is 0 Å². The zero-order chi connectivity index (χ0) is 11.0. The maximum atomic E-state index is 4.46. The maximum Gasteiger partial charge on any atom is 0.159 e. The number of nitrogens with zero attached hydrogens (tertiary/aromatic N) is 1. The lowest BCUT2D eigenvalue weighted by molar-refractivity contribution is 0.890. The molecule has 1 nitrogen and oxygen atoms in total. The van der Waals surface area contributed by atoms with Crippen molar-refractivity contribution in [1.29, 1.82) is 0 Å². The van der Waals surface area contributed by atoms with Gasteiger partial charge in [-0.1, -0.05) is 6.07 Å². The Morgan fingerprint density at radius 3 is 3.06 bits per heavy atom. The van der Waals surface area contributed by atoms with Crippen LogP contribution in [0.4, 0.5) is 0 Å². The minimum Gasteiger partial charge on any atom is -0.229 e. The Morgan fingerprint density at radius 1 is 1.31 bits per heavy atom. The Kier molecular flexibility index (Phi) is 3.05. The molecular formula is C12H10BrNS2. The van der Waals surface area contributed by atoms with Gasteiger partial charge < -0.3 is 0 Å². The van der Waals surface area contributed by atoms with Gasteiger partial charge in [0.1, 0.15) is 0 Å². The van der Waals surface area contributed by atoms with Gasteiger partial charge in [-0.2, -0.15) is 0 Å². The van der Waals surface area contributed by atoms with Crippen molar-refractivity contribution in [1.82, 2.24) is 4.98 Å². The Balaban J connectivity index is 2.02. The molecule has 1 aliphatic heterocycles. The van der Waals surface area contributed by atoms with Gasteiger partial charge in [0.05, 0.1) is 5.69 Å². The lowest BCUT2D eigenvalue weighted by Gasteiger charge is -2.15. The fourth-order valence-electron chi connectivity index (χ4n) is 1.90. The topological polar surface area (TPSA) is 12.9 Å². The average Bonchev–Trinajstić information content (AvgIpc) is 2.75. The predicted molar refractivity (Wildman–Crippen MR) is 74.3 cm³/mol. The van der Waals surface area contributed by atoms with E-state index in [1.165, 1.54) is 34.6 Å². The van der Waals surface area contributed by atoms with Crippen molar-refractivity contribution in [2.45, 2.75) is 17.7 Å². The molecule has 0 saturated carbocycles. The molecule has 0 unspecified atom stereocenters. The first-order chi connectivity index (χ1) is 7.83. The van der Waals surface area contributed by atoms with Gasteiger partial charge in [-0.25, -0.2) is 4.98 Å². The minimum atomic E-state index is 0.953. The molecule has 0 atom stereocenters. The Morgan fingerprint density at radius 2 is 2.25 bits per heavy atom. The first-order valence-corrected chi connectivity index (χ1v) is 7.86. The van der Waals surface area contributed by atoms with Crippen LogP contribution in [0, 0.1) is 0 Å². The second-order valence-electron chi connectivity index (χ2n) is 3.76. The van der Waals surface area contributed by atoms with E-state index >= 15 is 0 Å². The van der Waals surface area contributed by atoms with Gasteiger partial charge in [0.2, 0.25) is 0 Å². The van der Waals surface area contributed by atoms with Crippen LogP contribution in [0.1, 0.15) is 12.0 Å².